The Hall–Kier alpha value is -6.38. The van der Waals surface area contributed by atoms with Crippen molar-refractivity contribution in [3.05, 3.63) is 188 Å². The van der Waals surface area contributed by atoms with E-state index >= 15 is 0 Å². The molecule has 8 aromatic carbocycles. The molecule has 0 amide bonds. The van der Waals surface area contributed by atoms with Crippen LogP contribution in [0.15, 0.2) is 192 Å². The van der Waals surface area contributed by atoms with Crippen LogP contribution < -0.4 is 4.90 Å². The normalized spacial score (nSPS) is 11.3. The van der Waals surface area contributed by atoms with Crippen LogP contribution in [0.4, 0.5) is 17.1 Å². The zero-order valence-corrected chi connectivity index (χ0v) is 26.3. The minimum Gasteiger partial charge on any atom is -0.455 e. The topological polar surface area (TPSA) is 16.4 Å². The van der Waals surface area contributed by atoms with Crippen LogP contribution in [0, 0.1) is 0 Å². The first kappa shape index (κ1) is 27.9. The second-order valence-electron chi connectivity index (χ2n) is 12.1. The van der Waals surface area contributed by atoms with E-state index in [9.17, 15) is 0 Å². The van der Waals surface area contributed by atoms with Crippen LogP contribution in [-0.4, -0.2) is 0 Å². The van der Waals surface area contributed by atoms with E-state index < -0.39 is 0 Å². The van der Waals surface area contributed by atoms with Crippen LogP contribution in [0.25, 0.3) is 66.1 Å². The molecule has 0 aliphatic heterocycles. The maximum atomic E-state index is 6.85. The van der Waals surface area contributed by atoms with Gasteiger partial charge in [0.15, 0.2) is 0 Å². The summed E-state index contributed by atoms with van der Waals surface area (Å²) in [7, 11) is 0. The molecule has 0 atom stereocenters. The standard InChI is InChI=1S/C46H31NO/c1-4-14-32(15-5-1)34-26-28-38(29-27-34)47(39-22-12-21-36(30-39)33-16-6-2-7-17-33)42-24-13-25-43-45(42)44-40-23-11-10-20-37(40)31-41(46(44)48-43)35-18-8-3-9-19-35/h1-31H. The summed E-state index contributed by atoms with van der Waals surface area (Å²) in [6.07, 6.45) is 0. The molecule has 0 spiro atoms. The number of rotatable bonds is 6. The highest BCUT2D eigenvalue weighted by Crippen LogP contribution is 2.47. The van der Waals surface area contributed by atoms with E-state index in [-0.39, 0.29) is 0 Å². The average Bonchev–Trinajstić information content (AvgIpc) is 3.57. The van der Waals surface area contributed by atoms with Crippen molar-refractivity contribution in [1.82, 2.24) is 0 Å². The predicted molar refractivity (Wildman–Crippen MR) is 202 cm³/mol. The minimum absolute atomic E-state index is 0.862. The van der Waals surface area contributed by atoms with Gasteiger partial charge >= 0.3 is 0 Å². The van der Waals surface area contributed by atoms with Gasteiger partial charge in [-0.2, -0.15) is 0 Å². The Bertz CT molecular complexity index is 2530. The van der Waals surface area contributed by atoms with Gasteiger partial charge in [-0.1, -0.05) is 146 Å². The fourth-order valence-corrected chi connectivity index (χ4v) is 6.98. The number of hydrogen-bond donors (Lipinski definition) is 0. The van der Waals surface area contributed by atoms with Crippen molar-refractivity contribution in [2.24, 2.45) is 0 Å². The lowest BCUT2D eigenvalue weighted by molar-refractivity contribution is 0.670. The van der Waals surface area contributed by atoms with Crippen molar-refractivity contribution < 1.29 is 4.42 Å². The molecule has 0 saturated carbocycles. The lowest BCUT2D eigenvalue weighted by atomic mass is 9.95. The third-order valence-corrected chi connectivity index (χ3v) is 9.24. The highest BCUT2D eigenvalue weighted by molar-refractivity contribution is 6.26. The van der Waals surface area contributed by atoms with E-state index in [2.05, 4.69) is 193 Å². The Balaban J connectivity index is 1.33. The van der Waals surface area contributed by atoms with Crippen LogP contribution in [0.5, 0.6) is 0 Å². The van der Waals surface area contributed by atoms with E-state index in [1.807, 2.05) is 0 Å². The van der Waals surface area contributed by atoms with Crippen molar-refractivity contribution in [3.63, 3.8) is 0 Å². The monoisotopic (exact) mass is 613 g/mol. The summed E-state index contributed by atoms with van der Waals surface area (Å²) in [5, 5.41) is 4.59. The number of hydrogen-bond acceptors (Lipinski definition) is 2. The quantitative estimate of drug-likeness (QED) is 0.185. The van der Waals surface area contributed by atoms with Crippen LogP contribution in [0.1, 0.15) is 0 Å². The summed E-state index contributed by atoms with van der Waals surface area (Å²) in [4.78, 5) is 2.38. The van der Waals surface area contributed by atoms with Crippen molar-refractivity contribution in [3.8, 4) is 33.4 Å². The number of nitrogens with zero attached hydrogens (tertiary/aromatic N) is 1. The van der Waals surface area contributed by atoms with Gasteiger partial charge in [0.25, 0.3) is 0 Å². The second-order valence-corrected chi connectivity index (χ2v) is 12.1. The molecule has 226 valence electrons. The summed E-state index contributed by atoms with van der Waals surface area (Å²) in [5.41, 5.74) is 11.9. The summed E-state index contributed by atoms with van der Waals surface area (Å²) >= 11 is 0. The molecule has 0 radical (unpaired) electrons. The molecule has 48 heavy (non-hydrogen) atoms. The van der Waals surface area contributed by atoms with Crippen molar-refractivity contribution in [1.29, 1.82) is 0 Å². The maximum Gasteiger partial charge on any atom is 0.143 e. The summed E-state index contributed by atoms with van der Waals surface area (Å²) < 4.78 is 6.85. The first-order valence-corrected chi connectivity index (χ1v) is 16.4. The number of furan rings is 1. The third kappa shape index (κ3) is 4.83. The Kier molecular flexibility index (Phi) is 6.84. The number of benzene rings is 8. The molecule has 0 unspecified atom stereocenters. The lowest BCUT2D eigenvalue weighted by Crippen LogP contribution is -2.10. The summed E-state index contributed by atoms with van der Waals surface area (Å²) in [6, 6.07) is 66.7. The van der Waals surface area contributed by atoms with Crippen molar-refractivity contribution in [2.45, 2.75) is 0 Å². The highest BCUT2D eigenvalue weighted by Gasteiger charge is 2.23. The van der Waals surface area contributed by atoms with Gasteiger partial charge in [-0.3, -0.25) is 0 Å². The van der Waals surface area contributed by atoms with Crippen molar-refractivity contribution in [2.75, 3.05) is 4.90 Å². The highest BCUT2D eigenvalue weighted by atomic mass is 16.3. The minimum atomic E-state index is 0.862. The van der Waals surface area contributed by atoms with E-state index in [4.69, 9.17) is 4.42 Å². The fraction of sp³-hybridized carbons (Fsp3) is 0. The van der Waals surface area contributed by atoms with Crippen LogP contribution in [-0.2, 0) is 0 Å². The average molecular weight is 614 g/mol. The zero-order chi connectivity index (χ0) is 31.9. The van der Waals surface area contributed by atoms with E-state index in [1.54, 1.807) is 0 Å². The van der Waals surface area contributed by atoms with Gasteiger partial charge in [-0.05, 0) is 81.1 Å². The SMILES string of the molecule is c1ccc(-c2ccc(N(c3cccc(-c4ccccc4)c3)c3cccc4oc5c(-c6ccccc6)cc6ccccc6c5c34)cc2)cc1. The van der Waals surface area contributed by atoms with Gasteiger partial charge in [0, 0.05) is 22.3 Å². The smallest absolute Gasteiger partial charge is 0.143 e. The number of anilines is 3. The molecular weight excluding hydrogens is 583 g/mol. The Morgan fingerprint density at radius 3 is 1.69 bits per heavy atom. The van der Waals surface area contributed by atoms with Gasteiger partial charge < -0.3 is 9.32 Å². The zero-order valence-electron chi connectivity index (χ0n) is 26.3. The van der Waals surface area contributed by atoms with Gasteiger partial charge in [0.1, 0.15) is 11.2 Å². The first-order chi connectivity index (χ1) is 23.8. The molecule has 0 saturated heterocycles. The molecule has 1 aromatic heterocycles. The molecule has 0 N–H and O–H groups in total. The van der Waals surface area contributed by atoms with Crippen LogP contribution in [0.3, 0.4) is 0 Å². The molecule has 9 rings (SSSR count). The largest absolute Gasteiger partial charge is 0.455 e. The molecule has 0 bridgehead atoms. The molecular formula is C46H31NO. The third-order valence-electron chi connectivity index (χ3n) is 9.24. The molecule has 0 aliphatic rings. The van der Waals surface area contributed by atoms with Gasteiger partial charge in [-0.25, -0.2) is 0 Å². The molecule has 2 nitrogen and oxygen atoms in total. The molecule has 0 aliphatic carbocycles. The van der Waals surface area contributed by atoms with Crippen LogP contribution in [0.2, 0.25) is 0 Å². The lowest BCUT2D eigenvalue weighted by Gasteiger charge is -2.27. The Labute approximate surface area is 279 Å². The maximum absolute atomic E-state index is 6.85. The van der Waals surface area contributed by atoms with E-state index in [1.165, 1.54) is 33.0 Å². The van der Waals surface area contributed by atoms with E-state index in [0.717, 1.165) is 50.1 Å². The summed E-state index contributed by atoms with van der Waals surface area (Å²) in [6.45, 7) is 0. The Morgan fingerprint density at radius 1 is 0.375 bits per heavy atom. The molecule has 0 fully saturated rings. The summed E-state index contributed by atoms with van der Waals surface area (Å²) in [5.74, 6) is 0. The predicted octanol–water partition coefficient (Wildman–Crippen LogP) is 13.2. The van der Waals surface area contributed by atoms with E-state index in [0.29, 0.717) is 0 Å². The molecule has 2 heteroatoms. The van der Waals surface area contributed by atoms with Gasteiger partial charge in [0.2, 0.25) is 0 Å². The van der Waals surface area contributed by atoms with Crippen molar-refractivity contribution >= 4 is 49.8 Å². The number of fused-ring (bicyclic) bond motifs is 5. The molecule has 9 aromatic rings. The second kappa shape index (κ2) is 11.8. The van der Waals surface area contributed by atoms with Crippen LogP contribution >= 0.6 is 0 Å². The molecule has 1 heterocycles. The van der Waals surface area contributed by atoms with Gasteiger partial charge in [-0.15, -0.1) is 0 Å². The first-order valence-electron chi connectivity index (χ1n) is 16.4. The van der Waals surface area contributed by atoms with Gasteiger partial charge in [0.05, 0.1) is 11.1 Å². The Morgan fingerprint density at radius 2 is 0.958 bits per heavy atom. The fourth-order valence-electron chi connectivity index (χ4n) is 6.98.